The van der Waals surface area contributed by atoms with Gasteiger partial charge in [0.2, 0.25) is 0 Å². The second-order valence-electron chi connectivity index (χ2n) is 6.24. The third-order valence-electron chi connectivity index (χ3n) is 4.54. The summed E-state index contributed by atoms with van der Waals surface area (Å²) in [6.07, 6.45) is 8.00. The molecule has 0 aromatic heterocycles. The van der Waals surface area contributed by atoms with E-state index in [2.05, 4.69) is 60.7 Å². The van der Waals surface area contributed by atoms with Crippen LogP contribution in [-0.2, 0) is 26.2 Å². The van der Waals surface area contributed by atoms with Gasteiger partial charge in [-0.15, -0.1) is 57.4 Å². The normalized spacial score (nSPS) is 11.6. The van der Waals surface area contributed by atoms with Gasteiger partial charge in [0.25, 0.3) is 0 Å². The second kappa shape index (κ2) is 12.4. The van der Waals surface area contributed by atoms with Gasteiger partial charge in [0, 0.05) is 5.02 Å². The van der Waals surface area contributed by atoms with E-state index in [9.17, 15) is 0 Å². The number of benzene rings is 3. The Kier molecular flexibility index (Phi) is 11.3. The first-order valence-corrected chi connectivity index (χ1v) is 9.73. The van der Waals surface area contributed by atoms with Crippen molar-refractivity contribution in [3.05, 3.63) is 106 Å². The number of hydrogen-bond acceptors (Lipinski definition) is 0. The summed E-state index contributed by atoms with van der Waals surface area (Å²) in [5.41, 5.74) is 1.86. The Hall–Kier alpha value is -0.657. The summed E-state index contributed by atoms with van der Waals surface area (Å²) >= 11 is 17.8. The maximum Gasteiger partial charge on any atom is 4.00 e. The molecule has 0 nitrogen and oxygen atoms in total. The number of allylic oxidation sites excluding steroid dienone is 4. The van der Waals surface area contributed by atoms with Crippen molar-refractivity contribution in [1.82, 2.24) is 0 Å². The largest absolute Gasteiger partial charge is 4.00 e. The van der Waals surface area contributed by atoms with Gasteiger partial charge in [0.05, 0.1) is 10.0 Å². The Balaban J connectivity index is 0.000000273. The van der Waals surface area contributed by atoms with Gasteiger partial charge in [-0.25, -0.2) is 0 Å². The Labute approximate surface area is 223 Å². The summed E-state index contributed by atoms with van der Waals surface area (Å²) in [6.45, 7) is 0. The van der Waals surface area contributed by atoms with Crippen LogP contribution in [0.4, 0.5) is 0 Å². The van der Waals surface area contributed by atoms with E-state index in [4.69, 9.17) is 34.8 Å². The molecule has 0 atom stereocenters. The molecule has 4 aromatic rings. The van der Waals surface area contributed by atoms with Crippen LogP contribution in [0.2, 0.25) is 15.1 Å². The molecule has 0 spiro atoms. The summed E-state index contributed by atoms with van der Waals surface area (Å²) in [4.78, 5) is 0. The Bertz CT molecular complexity index is 1140. The molecule has 0 fully saturated rings. The Morgan fingerprint density at radius 1 is 0.733 bits per heavy atom. The van der Waals surface area contributed by atoms with Gasteiger partial charge in [-0.1, -0.05) is 83.7 Å². The summed E-state index contributed by atoms with van der Waals surface area (Å²) in [5, 5.41) is 6.76. The van der Waals surface area contributed by atoms with E-state index in [1.807, 2.05) is 18.2 Å². The van der Waals surface area contributed by atoms with Crippen molar-refractivity contribution in [3.8, 4) is 0 Å². The zero-order valence-electron chi connectivity index (χ0n) is 15.6. The van der Waals surface area contributed by atoms with E-state index in [1.54, 1.807) is 6.07 Å². The molecule has 1 aliphatic carbocycles. The zero-order chi connectivity index (χ0) is 18.8. The molecule has 150 valence electrons. The minimum absolute atomic E-state index is 0. The number of rotatable bonds is 1. The van der Waals surface area contributed by atoms with Gasteiger partial charge < -0.3 is 24.8 Å². The van der Waals surface area contributed by atoms with Crippen molar-refractivity contribution in [2.75, 3.05) is 0 Å². The fourth-order valence-corrected chi connectivity index (χ4v) is 3.86. The van der Waals surface area contributed by atoms with Gasteiger partial charge in [0.15, 0.2) is 0 Å². The molecule has 0 amide bonds. The van der Waals surface area contributed by atoms with E-state index >= 15 is 0 Å². The van der Waals surface area contributed by atoms with Crippen molar-refractivity contribution in [2.45, 2.75) is 6.42 Å². The van der Waals surface area contributed by atoms with Crippen molar-refractivity contribution in [1.29, 1.82) is 0 Å². The summed E-state index contributed by atoms with van der Waals surface area (Å²) in [6, 6.07) is 22.9. The molecule has 4 aromatic carbocycles. The van der Waals surface area contributed by atoms with Crippen molar-refractivity contribution < 1.29 is 51.0 Å². The smallest absolute Gasteiger partial charge is 1.00 e. The van der Waals surface area contributed by atoms with E-state index in [1.165, 1.54) is 21.5 Å². The molecule has 0 heterocycles. The molecular formula is C24H15Cl5Zr. The molecule has 6 heteroatoms. The molecule has 0 saturated heterocycles. The van der Waals surface area contributed by atoms with Crippen LogP contribution in [0.3, 0.4) is 0 Å². The number of halogens is 5. The van der Waals surface area contributed by atoms with Crippen molar-refractivity contribution in [2.24, 2.45) is 0 Å². The summed E-state index contributed by atoms with van der Waals surface area (Å²) in [7, 11) is 0. The first kappa shape index (κ1) is 27.4. The second-order valence-corrected chi connectivity index (χ2v) is 7.40. The monoisotopic (exact) mass is 568 g/mol. The first-order valence-electron chi connectivity index (χ1n) is 8.59. The summed E-state index contributed by atoms with van der Waals surface area (Å²) in [5.74, 6) is 0. The standard InChI is InChI=1S/C13H9.C11H6Cl3.2ClH.Zr/c1-3-7-12-10(5-1)9-11-6-2-4-8-13(11)12;12-9-6-5-8(10(13)11(9)14)7-3-1-2-4-7;;;/h1-9H;1,3,5-6H,2H2;2*1H;/q2*-1;;;+4/p-2. The molecule has 0 aliphatic heterocycles. The molecule has 30 heavy (non-hydrogen) atoms. The Morgan fingerprint density at radius 2 is 1.30 bits per heavy atom. The zero-order valence-corrected chi connectivity index (χ0v) is 21.8. The minimum Gasteiger partial charge on any atom is -1.00 e. The van der Waals surface area contributed by atoms with Crippen molar-refractivity contribution in [3.63, 3.8) is 0 Å². The average molecular weight is 572 g/mol. The van der Waals surface area contributed by atoms with Crippen LogP contribution in [0.25, 0.3) is 27.1 Å². The van der Waals surface area contributed by atoms with Crippen molar-refractivity contribution >= 4 is 61.9 Å². The molecule has 0 saturated carbocycles. The van der Waals surface area contributed by atoms with Gasteiger partial charge in [-0.3, -0.25) is 0 Å². The van der Waals surface area contributed by atoms with Crippen LogP contribution in [0.1, 0.15) is 12.0 Å². The van der Waals surface area contributed by atoms with E-state index < -0.39 is 0 Å². The maximum atomic E-state index is 6.07. The first-order chi connectivity index (χ1) is 13.1. The van der Waals surface area contributed by atoms with Crippen LogP contribution >= 0.6 is 34.8 Å². The van der Waals surface area contributed by atoms with E-state index in [0.717, 1.165) is 17.6 Å². The fourth-order valence-electron chi connectivity index (χ4n) is 3.23. The predicted molar refractivity (Wildman–Crippen MR) is 119 cm³/mol. The van der Waals surface area contributed by atoms with Gasteiger partial charge in [-0.2, -0.15) is 17.7 Å². The molecule has 0 N–H and O–H groups in total. The van der Waals surface area contributed by atoms with Crippen LogP contribution < -0.4 is 24.8 Å². The quantitative estimate of drug-likeness (QED) is 0.243. The minimum atomic E-state index is 0. The van der Waals surface area contributed by atoms with E-state index in [0.29, 0.717) is 15.1 Å². The molecule has 1 aliphatic rings. The average Bonchev–Trinajstić information content (AvgIpc) is 3.34. The predicted octanol–water partition coefficient (Wildman–Crippen LogP) is 2.51. The SMILES string of the molecule is Clc1ccc(C2=[C-]CC=C2)c(Cl)c1Cl.[Cl-].[Cl-].[Zr+4].c1ccc2c(c1)[cH-]c1ccccc12. The third-order valence-corrected chi connectivity index (χ3v) is 5.84. The Morgan fingerprint density at radius 3 is 1.83 bits per heavy atom. The number of fused-ring (bicyclic) bond motifs is 3. The fraction of sp³-hybridized carbons (Fsp3) is 0.0417. The van der Waals surface area contributed by atoms with Crippen LogP contribution in [0, 0.1) is 6.08 Å². The van der Waals surface area contributed by atoms with Gasteiger partial charge >= 0.3 is 26.2 Å². The van der Waals surface area contributed by atoms with E-state index in [-0.39, 0.29) is 51.0 Å². The molecule has 0 radical (unpaired) electrons. The molecule has 0 bridgehead atoms. The van der Waals surface area contributed by atoms with Gasteiger partial charge in [0.1, 0.15) is 0 Å². The molecular weight excluding hydrogens is 557 g/mol. The molecule has 5 rings (SSSR count). The van der Waals surface area contributed by atoms with Crippen LogP contribution in [-0.4, -0.2) is 0 Å². The third kappa shape index (κ3) is 5.77. The maximum absolute atomic E-state index is 6.07. The topological polar surface area (TPSA) is 0 Å². The van der Waals surface area contributed by atoms with Crippen LogP contribution in [0.15, 0.2) is 78.9 Å². The molecule has 0 unspecified atom stereocenters. The van der Waals surface area contributed by atoms with Gasteiger partial charge in [-0.05, 0) is 0 Å². The number of hydrogen-bond donors (Lipinski definition) is 0. The summed E-state index contributed by atoms with van der Waals surface area (Å²) < 4.78 is 0. The van der Waals surface area contributed by atoms with Crippen LogP contribution in [0.5, 0.6) is 0 Å².